The summed E-state index contributed by atoms with van der Waals surface area (Å²) in [6.45, 7) is 6.20. The number of hydrogen-bond donors (Lipinski definition) is 2. The largest absolute Gasteiger partial charge is 0.379 e. The molecule has 0 amide bonds. The highest BCUT2D eigenvalue weighted by Gasteiger charge is 2.24. The molecular weight excluding hydrogens is 503 g/mol. The van der Waals surface area contributed by atoms with Gasteiger partial charge in [0.2, 0.25) is 0 Å². The van der Waals surface area contributed by atoms with Gasteiger partial charge in [-0.2, -0.15) is 0 Å². The van der Waals surface area contributed by atoms with Crippen LogP contribution in [-0.2, 0) is 9.47 Å². The van der Waals surface area contributed by atoms with Gasteiger partial charge in [0.25, 0.3) is 0 Å². The number of benzene rings is 1. The lowest BCUT2D eigenvalue weighted by molar-refractivity contribution is 0.0420. The van der Waals surface area contributed by atoms with Gasteiger partial charge < -0.3 is 20.1 Å². The minimum atomic E-state index is 0. The van der Waals surface area contributed by atoms with Crippen molar-refractivity contribution in [3.8, 4) is 0 Å². The predicted octanol–water partition coefficient (Wildman–Crippen LogP) is 3.46. The Hall–Kier alpha value is -0.610. The van der Waals surface area contributed by atoms with Crippen molar-refractivity contribution < 1.29 is 9.47 Å². The van der Waals surface area contributed by atoms with Gasteiger partial charge in [0.1, 0.15) is 0 Å². The van der Waals surface area contributed by atoms with Gasteiger partial charge in [0, 0.05) is 38.4 Å². The molecule has 29 heavy (non-hydrogen) atoms. The third-order valence-electron chi connectivity index (χ3n) is 5.36. The lowest BCUT2D eigenvalue weighted by Crippen LogP contribution is -2.43. The summed E-state index contributed by atoms with van der Waals surface area (Å²) in [4.78, 5) is 6.89. The smallest absolute Gasteiger partial charge is 0.191 e. The third kappa shape index (κ3) is 8.20. The van der Waals surface area contributed by atoms with Gasteiger partial charge in [0.05, 0.1) is 18.8 Å². The van der Waals surface area contributed by atoms with Crippen molar-refractivity contribution in [3.05, 3.63) is 34.9 Å². The van der Waals surface area contributed by atoms with Crippen LogP contribution >= 0.6 is 35.6 Å². The summed E-state index contributed by atoms with van der Waals surface area (Å²) in [5.74, 6) is 0.829. The Balaban J connectivity index is 0.00000300. The standard InChI is InChI=1S/C21H33ClN4O2.HI/c1-23-21(24-9-5-12-28-19-8-13-27-16-19)25-15-20(26-10-2-3-11-26)17-6-4-7-18(22)14-17;/h4,6-7,14,19-20H,2-3,5,8-13,15-16H2,1H3,(H2,23,24,25);1H. The first-order valence-electron chi connectivity index (χ1n) is 10.4. The Morgan fingerprint density at radius 1 is 1.34 bits per heavy atom. The number of halogens is 2. The minimum Gasteiger partial charge on any atom is -0.379 e. The molecule has 1 aromatic rings. The van der Waals surface area contributed by atoms with Crippen LogP contribution in [0.25, 0.3) is 0 Å². The molecule has 3 rings (SSSR count). The molecule has 0 saturated carbocycles. The maximum Gasteiger partial charge on any atom is 0.191 e. The van der Waals surface area contributed by atoms with Crippen molar-refractivity contribution >= 4 is 41.5 Å². The van der Waals surface area contributed by atoms with Crippen molar-refractivity contribution in [1.82, 2.24) is 15.5 Å². The molecule has 2 heterocycles. The topological polar surface area (TPSA) is 58.1 Å². The first kappa shape index (κ1) is 24.7. The van der Waals surface area contributed by atoms with E-state index in [9.17, 15) is 0 Å². The van der Waals surface area contributed by atoms with Crippen LogP contribution in [0.2, 0.25) is 5.02 Å². The van der Waals surface area contributed by atoms with E-state index in [1.54, 1.807) is 0 Å². The first-order chi connectivity index (χ1) is 13.8. The lowest BCUT2D eigenvalue weighted by Gasteiger charge is -2.29. The molecule has 2 unspecified atom stereocenters. The summed E-state index contributed by atoms with van der Waals surface area (Å²) in [7, 11) is 1.81. The summed E-state index contributed by atoms with van der Waals surface area (Å²) in [6.07, 6.45) is 4.75. The number of rotatable bonds is 9. The Morgan fingerprint density at radius 2 is 2.17 bits per heavy atom. The van der Waals surface area contributed by atoms with E-state index < -0.39 is 0 Å². The van der Waals surface area contributed by atoms with E-state index >= 15 is 0 Å². The molecular formula is C21H34ClIN4O2. The van der Waals surface area contributed by atoms with Gasteiger partial charge >= 0.3 is 0 Å². The summed E-state index contributed by atoms with van der Waals surface area (Å²) >= 11 is 6.24. The highest BCUT2D eigenvalue weighted by molar-refractivity contribution is 14.0. The predicted molar refractivity (Wildman–Crippen MR) is 130 cm³/mol. The van der Waals surface area contributed by atoms with E-state index in [0.717, 1.165) is 69.8 Å². The van der Waals surface area contributed by atoms with Gasteiger partial charge in [0.15, 0.2) is 5.96 Å². The molecule has 1 aromatic carbocycles. The molecule has 2 fully saturated rings. The fourth-order valence-corrected chi connectivity index (χ4v) is 4.01. The molecule has 8 heteroatoms. The van der Waals surface area contributed by atoms with Crippen molar-refractivity contribution in [3.63, 3.8) is 0 Å². The highest BCUT2D eigenvalue weighted by Crippen LogP contribution is 2.26. The van der Waals surface area contributed by atoms with Crippen LogP contribution in [0.4, 0.5) is 0 Å². The van der Waals surface area contributed by atoms with Crippen molar-refractivity contribution in [2.75, 3.05) is 53.0 Å². The number of guanidine groups is 1. The SMILES string of the molecule is CN=C(NCCCOC1CCOC1)NCC(c1cccc(Cl)c1)N1CCCC1.I. The second kappa shape index (κ2) is 13.6. The van der Waals surface area contributed by atoms with Crippen LogP contribution in [0.3, 0.4) is 0 Å². The molecule has 2 saturated heterocycles. The maximum absolute atomic E-state index is 6.24. The number of nitrogens with zero attached hydrogens (tertiary/aromatic N) is 2. The van der Waals surface area contributed by atoms with E-state index in [1.807, 2.05) is 19.2 Å². The lowest BCUT2D eigenvalue weighted by atomic mass is 10.1. The number of likely N-dealkylation sites (tertiary alicyclic amines) is 1. The van der Waals surface area contributed by atoms with Crippen molar-refractivity contribution in [1.29, 1.82) is 0 Å². The zero-order valence-electron chi connectivity index (χ0n) is 17.2. The van der Waals surface area contributed by atoms with Crippen LogP contribution in [-0.4, -0.2) is 70.0 Å². The van der Waals surface area contributed by atoms with E-state index in [2.05, 4.69) is 32.7 Å². The van der Waals surface area contributed by atoms with Crippen LogP contribution in [0.1, 0.15) is 37.3 Å². The molecule has 0 spiro atoms. The van der Waals surface area contributed by atoms with E-state index in [0.29, 0.717) is 6.04 Å². The van der Waals surface area contributed by atoms with Gasteiger partial charge in [-0.15, -0.1) is 24.0 Å². The quantitative estimate of drug-likeness (QED) is 0.219. The van der Waals surface area contributed by atoms with Gasteiger partial charge in [-0.3, -0.25) is 9.89 Å². The van der Waals surface area contributed by atoms with Crippen LogP contribution < -0.4 is 10.6 Å². The van der Waals surface area contributed by atoms with Crippen molar-refractivity contribution in [2.45, 2.75) is 37.8 Å². The maximum atomic E-state index is 6.24. The van der Waals surface area contributed by atoms with E-state index in [1.165, 1.54) is 18.4 Å². The van der Waals surface area contributed by atoms with E-state index in [4.69, 9.17) is 21.1 Å². The van der Waals surface area contributed by atoms with Crippen molar-refractivity contribution in [2.24, 2.45) is 4.99 Å². The average Bonchev–Trinajstić information content (AvgIpc) is 3.41. The fraction of sp³-hybridized carbons (Fsp3) is 0.667. The zero-order chi connectivity index (χ0) is 19.6. The molecule has 164 valence electrons. The molecule has 0 aliphatic carbocycles. The first-order valence-corrected chi connectivity index (χ1v) is 10.8. The molecule has 0 aromatic heterocycles. The van der Waals surface area contributed by atoms with Gasteiger partial charge in [-0.25, -0.2) is 0 Å². The molecule has 2 aliphatic rings. The molecule has 6 nitrogen and oxygen atoms in total. The molecule has 0 bridgehead atoms. The monoisotopic (exact) mass is 536 g/mol. The second-order valence-corrected chi connectivity index (χ2v) is 7.84. The summed E-state index contributed by atoms with van der Waals surface area (Å²) in [5, 5.41) is 7.67. The van der Waals surface area contributed by atoms with Gasteiger partial charge in [-0.1, -0.05) is 23.7 Å². The van der Waals surface area contributed by atoms with Gasteiger partial charge in [-0.05, 0) is 56.5 Å². The van der Waals surface area contributed by atoms with Crippen LogP contribution in [0, 0.1) is 0 Å². The molecule has 2 aliphatic heterocycles. The minimum absolute atomic E-state index is 0. The number of aliphatic imine (C=N–C) groups is 1. The molecule has 0 radical (unpaired) electrons. The Morgan fingerprint density at radius 3 is 2.86 bits per heavy atom. The summed E-state index contributed by atoms with van der Waals surface area (Å²) in [5.41, 5.74) is 1.25. The second-order valence-electron chi connectivity index (χ2n) is 7.40. The number of ether oxygens (including phenoxy) is 2. The number of hydrogen-bond acceptors (Lipinski definition) is 4. The van der Waals surface area contributed by atoms with Crippen LogP contribution in [0.15, 0.2) is 29.3 Å². The Labute approximate surface area is 196 Å². The normalized spacial score (nSPS) is 21.0. The third-order valence-corrected chi connectivity index (χ3v) is 5.59. The fourth-order valence-electron chi connectivity index (χ4n) is 3.81. The molecule has 2 N–H and O–H groups in total. The Kier molecular flexibility index (Phi) is 11.6. The number of nitrogens with one attached hydrogen (secondary N) is 2. The highest BCUT2D eigenvalue weighted by atomic mass is 127. The van der Waals surface area contributed by atoms with Crippen LogP contribution in [0.5, 0.6) is 0 Å². The average molecular weight is 537 g/mol. The van der Waals surface area contributed by atoms with E-state index in [-0.39, 0.29) is 30.1 Å². The molecule has 2 atom stereocenters. The zero-order valence-corrected chi connectivity index (χ0v) is 20.3. The summed E-state index contributed by atoms with van der Waals surface area (Å²) in [6, 6.07) is 8.50. The Bertz CT molecular complexity index is 622. The summed E-state index contributed by atoms with van der Waals surface area (Å²) < 4.78 is 11.1.